The van der Waals surface area contributed by atoms with Crippen LogP contribution in [0, 0.1) is 0 Å². The van der Waals surface area contributed by atoms with E-state index < -0.39 is 0 Å². The Morgan fingerprint density at radius 2 is 2.18 bits per heavy atom. The molecule has 1 rings (SSSR count). The molecule has 1 fully saturated rings. The van der Waals surface area contributed by atoms with Crippen LogP contribution in [-0.2, 0) is 4.79 Å². The molecule has 1 saturated heterocycles. The molecular formula is C7H10N2OS. The maximum Gasteiger partial charge on any atom is 0.276 e. The van der Waals surface area contributed by atoms with Crippen LogP contribution in [0.4, 0.5) is 0 Å². The summed E-state index contributed by atoms with van der Waals surface area (Å²) in [4.78, 5) is 14.4. The van der Waals surface area contributed by atoms with Crippen LogP contribution >= 0.6 is 12.2 Å². The second kappa shape index (κ2) is 2.62. The molecule has 0 bridgehead atoms. The lowest BCUT2D eigenvalue weighted by Crippen LogP contribution is -2.30. The Hall–Kier alpha value is -0.900. The number of nitrogens with zero attached hydrogens (tertiary/aromatic N) is 2. The van der Waals surface area contributed by atoms with Gasteiger partial charge < -0.3 is 4.90 Å². The van der Waals surface area contributed by atoms with E-state index >= 15 is 0 Å². The summed E-state index contributed by atoms with van der Waals surface area (Å²) in [5.74, 6) is -0.0833. The molecule has 1 aliphatic heterocycles. The number of hydrogen-bond donors (Lipinski definition) is 0. The summed E-state index contributed by atoms with van der Waals surface area (Å²) in [7, 11) is 1.75. The van der Waals surface area contributed by atoms with Gasteiger partial charge in [0.15, 0.2) is 5.11 Å². The van der Waals surface area contributed by atoms with Gasteiger partial charge in [0.25, 0.3) is 5.91 Å². The lowest BCUT2D eigenvalue weighted by Gasteiger charge is -2.13. The van der Waals surface area contributed by atoms with Crippen molar-refractivity contribution >= 4 is 23.2 Å². The van der Waals surface area contributed by atoms with Crippen LogP contribution < -0.4 is 0 Å². The fraction of sp³-hybridized carbons (Fsp3) is 0.429. The molecule has 0 radical (unpaired) electrons. The summed E-state index contributed by atoms with van der Waals surface area (Å²) in [5.41, 5.74) is 0.455. The van der Waals surface area contributed by atoms with Gasteiger partial charge in [0.1, 0.15) is 5.70 Å². The Morgan fingerprint density at radius 3 is 2.36 bits per heavy atom. The van der Waals surface area contributed by atoms with Crippen LogP contribution in [0.3, 0.4) is 0 Å². The fourth-order valence-electron chi connectivity index (χ4n) is 0.962. The van der Waals surface area contributed by atoms with E-state index in [1.807, 2.05) is 6.92 Å². The number of thiocarbonyl (C=S) groups is 1. The Labute approximate surface area is 71.3 Å². The number of hydrogen-bond acceptors (Lipinski definition) is 2. The van der Waals surface area contributed by atoms with E-state index in [-0.39, 0.29) is 5.91 Å². The third kappa shape index (κ3) is 1.03. The van der Waals surface area contributed by atoms with E-state index in [2.05, 4.69) is 6.58 Å². The van der Waals surface area contributed by atoms with Gasteiger partial charge in [0, 0.05) is 13.6 Å². The zero-order chi connectivity index (χ0) is 8.59. The second-order valence-corrected chi connectivity index (χ2v) is 2.70. The fourth-order valence-corrected chi connectivity index (χ4v) is 1.28. The van der Waals surface area contributed by atoms with Crippen LogP contribution in [0.25, 0.3) is 0 Å². The number of rotatable bonds is 1. The average Bonchev–Trinajstić information content (AvgIpc) is 2.17. The summed E-state index contributed by atoms with van der Waals surface area (Å²) in [6.45, 7) is 6.11. The van der Waals surface area contributed by atoms with E-state index in [0.29, 0.717) is 17.4 Å². The highest BCUT2D eigenvalue weighted by molar-refractivity contribution is 7.80. The zero-order valence-corrected chi connectivity index (χ0v) is 7.44. The Balaban J connectivity index is 2.95. The molecule has 1 heterocycles. The van der Waals surface area contributed by atoms with Crippen LogP contribution in [0.2, 0.25) is 0 Å². The average molecular weight is 170 g/mol. The smallest absolute Gasteiger partial charge is 0.276 e. The van der Waals surface area contributed by atoms with Gasteiger partial charge in [-0.3, -0.25) is 9.69 Å². The molecule has 0 N–H and O–H groups in total. The molecule has 0 atom stereocenters. The molecule has 0 aromatic carbocycles. The van der Waals surface area contributed by atoms with Gasteiger partial charge in [-0.25, -0.2) is 0 Å². The van der Waals surface area contributed by atoms with Crippen LogP contribution in [0.5, 0.6) is 0 Å². The molecule has 11 heavy (non-hydrogen) atoms. The third-order valence-corrected chi connectivity index (χ3v) is 2.23. The molecule has 0 spiro atoms. The first-order valence-corrected chi connectivity index (χ1v) is 3.79. The number of carbonyl (C=O) groups is 1. The molecule has 0 aromatic rings. The van der Waals surface area contributed by atoms with Gasteiger partial charge >= 0.3 is 0 Å². The summed E-state index contributed by atoms with van der Waals surface area (Å²) < 4.78 is 0. The lowest BCUT2D eigenvalue weighted by atomic mass is 10.4. The van der Waals surface area contributed by atoms with Crippen molar-refractivity contribution in [3.05, 3.63) is 12.3 Å². The molecule has 0 aromatic heterocycles. The van der Waals surface area contributed by atoms with Crippen molar-refractivity contribution in [3.63, 3.8) is 0 Å². The molecule has 4 heteroatoms. The molecular weight excluding hydrogens is 160 g/mol. The van der Waals surface area contributed by atoms with Gasteiger partial charge in [-0.05, 0) is 19.1 Å². The molecule has 3 nitrogen and oxygen atoms in total. The SMILES string of the molecule is C=C1C(=O)N(CC)C(=S)N1C. The predicted molar refractivity (Wildman–Crippen MR) is 46.9 cm³/mol. The van der Waals surface area contributed by atoms with Gasteiger partial charge in [0.05, 0.1) is 0 Å². The van der Waals surface area contributed by atoms with E-state index in [1.54, 1.807) is 11.9 Å². The molecule has 60 valence electrons. The maximum absolute atomic E-state index is 11.3. The minimum atomic E-state index is -0.0833. The van der Waals surface area contributed by atoms with Gasteiger partial charge in [0.2, 0.25) is 0 Å². The maximum atomic E-state index is 11.3. The summed E-state index contributed by atoms with van der Waals surface area (Å²) in [6.07, 6.45) is 0. The van der Waals surface area contributed by atoms with Crippen molar-refractivity contribution in [2.45, 2.75) is 6.92 Å². The number of carbonyl (C=O) groups excluding carboxylic acids is 1. The highest BCUT2D eigenvalue weighted by atomic mass is 32.1. The summed E-state index contributed by atoms with van der Waals surface area (Å²) >= 11 is 4.99. The van der Waals surface area contributed by atoms with Crippen LogP contribution in [0.15, 0.2) is 12.3 Å². The van der Waals surface area contributed by atoms with E-state index in [0.717, 1.165) is 0 Å². The number of likely N-dealkylation sites (N-methyl/N-ethyl adjacent to an activating group) is 2. The predicted octanol–water partition coefficient (Wildman–Crippen LogP) is 0.579. The van der Waals surface area contributed by atoms with Gasteiger partial charge in [-0.2, -0.15) is 0 Å². The summed E-state index contributed by atoms with van der Waals surface area (Å²) in [5, 5.41) is 0.544. The second-order valence-electron chi connectivity index (χ2n) is 2.34. The summed E-state index contributed by atoms with van der Waals surface area (Å²) in [6, 6.07) is 0. The molecule has 0 unspecified atom stereocenters. The van der Waals surface area contributed by atoms with Gasteiger partial charge in [-0.1, -0.05) is 6.58 Å². The van der Waals surface area contributed by atoms with Crippen molar-refractivity contribution in [1.29, 1.82) is 0 Å². The Morgan fingerprint density at radius 1 is 1.64 bits per heavy atom. The highest BCUT2D eigenvalue weighted by Crippen LogP contribution is 2.16. The largest absolute Gasteiger partial charge is 0.317 e. The van der Waals surface area contributed by atoms with Crippen molar-refractivity contribution in [3.8, 4) is 0 Å². The van der Waals surface area contributed by atoms with E-state index in [9.17, 15) is 4.79 Å². The minimum Gasteiger partial charge on any atom is -0.317 e. The first-order valence-electron chi connectivity index (χ1n) is 3.38. The molecule has 0 saturated carbocycles. The monoisotopic (exact) mass is 170 g/mol. The van der Waals surface area contributed by atoms with E-state index in [1.165, 1.54) is 4.90 Å². The molecule has 1 aliphatic rings. The highest BCUT2D eigenvalue weighted by Gasteiger charge is 2.32. The van der Waals surface area contributed by atoms with Crippen LogP contribution in [0.1, 0.15) is 6.92 Å². The van der Waals surface area contributed by atoms with Crippen molar-refractivity contribution in [2.75, 3.05) is 13.6 Å². The quantitative estimate of drug-likeness (QED) is 0.425. The van der Waals surface area contributed by atoms with Crippen molar-refractivity contribution in [2.24, 2.45) is 0 Å². The van der Waals surface area contributed by atoms with Crippen molar-refractivity contribution < 1.29 is 4.79 Å². The van der Waals surface area contributed by atoms with Crippen LogP contribution in [-0.4, -0.2) is 34.4 Å². The lowest BCUT2D eigenvalue weighted by molar-refractivity contribution is -0.122. The molecule has 1 amide bonds. The first kappa shape index (κ1) is 8.20. The standard InChI is InChI=1S/C7H10N2OS/c1-4-9-6(10)5(2)8(3)7(9)11/h2,4H2,1,3H3. The first-order chi connectivity index (χ1) is 5.09. The zero-order valence-electron chi connectivity index (χ0n) is 6.63. The third-order valence-electron chi connectivity index (χ3n) is 1.73. The minimum absolute atomic E-state index is 0.0833. The normalized spacial score (nSPS) is 18.5. The van der Waals surface area contributed by atoms with Crippen molar-refractivity contribution in [1.82, 2.24) is 9.80 Å². The Kier molecular flexibility index (Phi) is 1.95. The topological polar surface area (TPSA) is 23.6 Å². The van der Waals surface area contributed by atoms with E-state index in [4.69, 9.17) is 12.2 Å². The van der Waals surface area contributed by atoms with Gasteiger partial charge in [-0.15, -0.1) is 0 Å². The molecule has 0 aliphatic carbocycles. The Bertz CT molecular complexity index is 237. The number of amides is 1.